The molecule has 136 valence electrons. The van der Waals surface area contributed by atoms with Crippen molar-refractivity contribution in [2.45, 2.75) is 24.9 Å². The van der Waals surface area contributed by atoms with Crippen molar-refractivity contribution in [1.29, 1.82) is 0 Å². The minimum Gasteiger partial charge on any atom is -0.457 e. The van der Waals surface area contributed by atoms with E-state index in [4.69, 9.17) is 4.74 Å². The smallest absolute Gasteiger partial charge is 0.416 e. The van der Waals surface area contributed by atoms with E-state index in [9.17, 15) is 21.6 Å². The average molecular weight is 373 g/mol. The number of benzene rings is 2. The lowest BCUT2D eigenvalue weighted by Crippen LogP contribution is -2.27. The van der Waals surface area contributed by atoms with E-state index in [1.54, 1.807) is 0 Å². The second kappa shape index (κ2) is 7.45. The number of ether oxygens (including phenoxy) is 1. The minimum absolute atomic E-state index is 0.0907. The number of halogens is 3. The summed E-state index contributed by atoms with van der Waals surface area (Å²) in [6, 6.07) is 9.90. The van der Waals surface area contributed by atoms with Crippen LogP contribution in [-0.4, -0.2) is 15.0 Å². The molecule has 0 heterocycles. The van der Waals surface area contributed by atoms with Gasteiger partial charge in [0.25, 0.3) is 0 Å². The quantitative estimate of drug-likeness (QED) is 0.815. The van der Waals surface area contributed by atoms with E-state index in [1.807, 2.05) is 13.8 Å². The van der Waals surface area contributed by atoms with E-state index < -0.39 is 21.8 Å². The average Bonchev–Trinajstić information content (AvgIpc) is 2.53. The van der Waals surface area contributed by atoms with E-state index in [-0.39, 0.29) is 16.6 Å². The second-order valence-corrected chi connectivity index (χ2v) is 7.61. The van der Waals surface area contributed by atoms with Crippen LogP contribution in [0.3, 0.4) is 0 Å². The predicted molar refractivity (Wildman–Crippen MR) is 88.0 cm³/mol. The first-order valence-corrected chi connectivity index (χ1v) is 9.01. The molecule has 2 aromatic carbocycles. The highest BCUT2D eigenvalue weighted by Crippen LogP contribution is 2.31. The summed E-state index contributed by atoms with van der Waals surface area (Å²) in [6.45, 7) is 4.11. The molecule has 0 atom stereocenters. The number of nitrogens with one attached hydrogen (secondary N) is 1. The lowest BCUT2D eigenvalue weighted by atomic mass is 10.2. The molecule has 0 aliphatic heterocycles. The maximum absolute atomic E-state index is 12.5. The first-order chi connectivity index (χ1) is 11.6. The monoisotopic (exact) mass is 373 g/mol. The van der Waals surface area contributed by atoms with E-state index in [0.29, 0.717) is 12.3 Å². The molecule has 0 bridgehead atoms. The summed E-state index contributed by atoms with van der Waals surface area (Å²) in [4.78, 5) is 0.0907. The molecular formula is C17H18F3NO3S. The van der Waals surface area contributed by atoms with Crippen molar-refractivity contribution in [3.8, 4) is 11.5 Å². The SMILES string of the molecule is CC(C)CNS(=O)(=O)c1ccc(Oc2ccc(C(F)(F)F)cc2)cc1. The van der Waals surface area contributed by atoms with Crippen LogP contribution in [0.2, 0.25) is 0 Å². The van der Waals surface area contributed by atoms with Gasteiger partial charge in [0.2, 0.25) is 10.0 Å². The molecule has 2 rings (SSSR count). The fourth-order valence-corrected chi connectivity index (χ4v) is 3.11. The molecular weight excluding hydrogens is 355 g/mol. The summed E-state index contributed by atoms with van der Waals surface area (Å²) < 4.78 is 69.6. The molecule has 2 aromatic rings. The minimum atomic E-state index is -4.41. The summed E-state index contributed by atoms with van der Waals surface area (Å²) in [7, 11) is -3.60. The fraction of sp³-hybridized carbons (Fsp3) is 0.294. The molecule has 0 unspecified atom stereocenters. The van der Waals surface area contributed by atoms with Crippen molar-refractivity contribution in [2.24, 2.45) is 5.92 Å². The Morgan fingerprint density at radius 1 is 0.960 bits per heavy atom. The zero-order valence-electron chi connectivity index (χ0n) is 13.7. The van der Waals surface area contributed by atoms with Crippen LogP contribution in [-0.2, 0) is 16.2 Å². The number of hydrogen-bond donors (Lipinski definition) is 1. The van der Waals surface area contributed by atoms with E-state index >= 15 is 0 Å². The van der Waals surface area contributed by atoms with Gasteiger partial charge in [0, 0.05) is 6.54 Å². The Labute approximate surface area is 144 Å². The Bertz CT molecular complexity index is 799. The van der Waals surface area contributed by atoms with Crippen molar-refractivity contribution in [3.63, 3.8) is 0 Å². The van der Waals surface area contributed by atoms with Crippen LogP contribution in [0.25, 0.3) is 0 Å². The highest BCUT2D eigenvalue weighted by molar-refractivity contribution is 7.89. The summed E-state index contributed by atoms with van der Waals surface area (Å²) in [5.41, 5.74) is -0.766. The van der Waals surface area contributed by atoms with Gasteiger partial charge in [-0.25, -0.2) is 13.1 Å². The number of hydrogen-bond acceptors (Lipinski definition) is 3. The van der Waals surface area contributed by atoms with Crippen LogP contribution in [0, 0.1) is 5.92 Å². The first-order valence-electron chi connectivity index (χ1n) is 7.53. The third kappa shape index (κ3) is 5.47. The number of alkyl halides is 3. The lowest BCUT2D eigenvalue weighted by Gasteiger charge is -2.11. The largest absolute Gasteiger partial charge is 0.457 e. The van der Waals surface area contributed by atoms with Gasteiger partial charge < -0.3 is 4.74 Å². The topological polar surface area (TPSA) is 55.4 Å². The Kier molecular flexibility index (Phi) is 5.74. The maximum Gasteiger partial charge on any atom is 0.416 e. The fourth-order valence-electron chi connectivity index (χ4n) is 1.89. The van der Waals surface area contributed by atoms with Crippen LogP contribution in [0.1, 0.15) is 19.4 Å². The van der Waals surface area contributed by atoms with E-state index in [1.165, 1.54) is 36.4 Å². The van der Waals surface area contributed by atoms with Gasteiger partial charge in [-0.1, -0.05) is 13.8 Å². The molecule has 0 aliphatic rings. The molecule has 0 radical (unpaired) electrons. The second-order valence-electron chi connectivity index (χ2n) is 5.84. The van der Waals surface area contributed by atoms with Gasteiger partial charge in [-0.05, 0) is 54.4 Å². The van der Waals surface area contributed by atoms with Gasteiger partial charge in [-0.15, -0.1) is 0 Å². The normalized spacial score (nSPS) is 12.4. The zero-order valence-corrected chi connectivity index (χ0v) is 14.5. The van der Waals surface area contributed by atoms with Gasteiger partial charge >= 0.3 is 6.18 Å². The molecule has 0 fully saturated rings. The van der Waals surface area contributed by atoms with Gasteiger partial charge in [0.05, 0.1) is 10.5 Å². The van der Waals surface area contributed by atoms with Crippen molar-refractivity contribution in [3.05, 3.63) is 54.1 Å². The number of rotatable bonds is 6. The lowest BCUT2D eigenvalue weighted by molar-refractivity contribution is -0.137. The Balaban J connectivity index is 2.08. The summed E-state index contributed by atoms with van der Waals surface area (Å²) >= 11 is 0. The molecule has 1 N–H and O–H groups in total. The van der Waals surface area contributed by atoms with Crippen LogP contribution in [0.4, 0.5) is 13.2 Å². The van der Waals surface area contributed by atoms with Gasteiger partial charge in [-0.2, -0.15) is 13.2 Å². The third-order valence-electron chi connectivity index (χ3n) is 3.23. The summed E-state index contributed by atoms with van der Waals surface area (Å²) in [5, 5.41) is 0. The molecule has 0 spiro atoms. The summed E-state index contributed by atoms with van der Waals surface area (Å²) in [5.74, 6) is 0.723. The van der Waals surface area contributed by atoms with Gasteiger partial charge in [0.15, 0.2) is 0 Å². The van der Waals surface area contributed by atoms with Crippen LogP contribution >= 0.6 is 0 Å². The first kappa shape index (κ1) is 19.3. The zero-order chi connectivity index (χ0) is 18.7. The molecule has 0 amide bonds. The standard InChI is InChI=1S/C17H18F3NO3S/c1-12(2)11-21-25(22,23)16-9-7-15(8-10-16)24-14-5-3-13(4-6-14)17(18,19)20/h3-10,12,21H,11H2,1-2H3. The predicted octanol–water partition coefficient (Wildman–Crippen LogP) is 4.43. The molecule has 0 saturated carbocycles. The molecule has 0 aromatic heterocycles. The summed E-state index contributed by atoms with van der Waals surface area (Å²) in [6.07, 6.45) is -4.41. The van der Waals surface area contributed by atoms with Crippen LogP contribution in [0.15, 0.2) is 53.4 Å². The molecule has 0 aliphatic carbocycles. The van der Waals surface area contributed by atoms with Crippen molar-refractivity contribution in [2.75, 3.05) is 6.54 Å². The van der Waals surface area contributed by atoms with Gasteiger partial charge in [-0.3, -0.25) is 0 Å². The van der Waals surface area contributed by atoms with E-state index in [0.717, 1.165) is 12.1 Å². The van der Waals surface area contributed by atoms with Crippen LogP contribution in [0.5, 0.6) is 11.5 Å². The van der Waals surface area contributed by atoms with Crippen molar-refractivity contribution >= 4 is 10.0 Å². The number of sulfonamides is 1. The molecule has 4 nitrogen and oxygen atoms in total. The Hall–Kier alpha value is -2.06. The maximum atomic E-state index is 12.5. The van der Waals surface area contributed by atoms with Crippen molar-refractivity contribution in [1.82, 2.24) is 4.72 Å². The highest BCUT2D eigenvalue weighted by atomic mass is 32.2. The molecule has 8 heteroatoms. The van der Waals surface area contributed by atoms with Gasteiger partial charge in [0.1, 0.15) is 11.5 Å². The molecule has 25 heavy (non-hydrogen) atoms. The third-order valence-corrected chi connectivity index (χ3v) is 4.67. The Morgan fingerprint density at radius 3 is 1.88 bits per heavy atom. The van der Waals surface area contributed by atoms with Crippen LogP contribution < -0.4 is 9.46 Å². The molecule has 0 saturated heterocycles. The van der Waals surface area contributed by atoms with E-state index in [2.05, 4.69) is 4.72 Å². The highest BCUT2D eigenvalue weighted by Gasteiger charge is 2.30. The van der Waals surface area contributed by atoms with Crippen molar-refractivity contribution < 1.29 is 26.3 Å². The Morgan fingerprint density at radius 2 is 1.44 bits per heavy atom.